The van der Waals surface area contributed by atoms with Crippen molar-refractivity contribution in [2.75, 3.05) is 16.2 Å². The summed E-state index contributed by atoms with van der Waals surface area (Å²) in [5.41, 5.74) is 1.12. The van der Waals surface area contributed by atoms with Crippen LogP contribution in [0.3, 0.4) is 0 Å². The third-order valence-corrected chi connectivity index (χ3v) is 5.24. The predicted octanol–water partition coefficient (Wildman–Crippen LogP) is 3.27. The zero-order valence-corrected chi connectivity index (χ0v) is 13.8. The molecule has 1 heterocycles. The number of nitrogens with zero attached hydrogens (tertiary/aromatic N) is 1. The van der Waals surface area contributed by atoms with E-state index in [-0.39, 0.29) is 10.8 Å². The summed E-state index contributed by atoms with van der Waals surface area (Å²) in [7, 11) is -3.70. The molecule has 1 aliphatic heterocycles. The summed E-state index contributed by atoms with van der Waals surface area (Å²) in [6.07, 6.45) is 1.37. The number of benzene rings is 2. The minimum atomic E-state index is -3.70. The van der Waals surface area contributed by atoms with Crippen LogP contribution < -0.4 is 9.62 Å². The Morgan fingerprint density at radius 2 is 1.83 bits per heavy atom. The highest BCUT2D eigenvalue weighted by atomic mass is 35.5. The van der Waals surface area contributed by atoms with Gasteiger partial charge in [0.2, 0.25) is 5.91 Å². The highest BCUT2D eigenvalue weighted by Gasteiger charge is 2.22. The summed E-state index contributed by atoms with van der Waals surface area (Å²) in [5.74, 6) is 0.0673. The first-order chi connectivity index (χ1) is 11.0. The van der Waals surface area contributed by atoms with Gasteiger partial charge in [-0.05, 0) is 48.9 Å². The molecule has 0 spiro atoms. The average Bonchev–Trinajstić information content (AvgIpc) is 2.93. The number of hydrogen-bond donors (Lipinski definition) is 1. The second kappa shape index (κ2) is 6.22. The maximum absolute atomic E-state index is 12.4. The first kappa shape index (κ1) is 15.8. The van der Waals surface area contributed by atoms with Crippen LogP contribution in [0.15, 0.2) is 53.4 Å². The van der Waals surface area contributed by atoms with Crippen molar-refractivity contribution < 1.29 is 13.2 Å². The number of nitrogens with one attached hydrogen (secondary N) is 1. The van der Waals surface area contributed by atoms with E-state index in [0.29, 0.717) is 29.4 Å². The largest absolute Gasteiger partial charge is 0.312 e. The van der Waals surface area contributed by atoms with Gasteiger partial charge >= 0.3 is 0 Å². The van der Waals surface area contributed by atoms with E-state index in [1.54, 1.807) is 35.2 Å². The van der Waals surface area contributed by atoms with Crippen molar-refractivity contribution >= 4 is 38.9 Å². The third kappa shape index (κ3) is 3.48. The molecule has 120 valence electrons. The lowest BCUT2D eigenvalue weighted by Crippen LogP contribution is -2.23. The molecule has 0 aromatic heterocycles. The molecule has 0 radical (unpaired) electrons. The van der Waals surface area contributed by atoms with Crippen LogP contribution >= 0.6 is 11.6 Å². The minimum absolute atomic E-state index is 0.0673. The Morgan fingerprint density at radius 3 is 2.43 bits per heavy atom. The zero-order valence-electron chi connectivity index (χ0n) is 12.2. The van der Waals surface area contributed by atoms with Gasteiger partial charge in [-0.15, -0.1) is 0 Å². The Balaban J connectivity index is 1.81. The first-order valence-corrected chi connectivity index (χ1v) is 9.01. The lowest BCUT2D eigenvalue weighted by atomic mass is 10.3. The fourth-order valence-corrected chi connectivity index (χ4v) is 3.73. The van der Waals surface area contributed by atoms with Gasteiger partial charge in [0.15, 0.2) is 0 Å². The smallest absolute Gasteiger partial charge is 0.261 e. The maximum atomic E-state index is 12.4. The number of rotatable bonds is 4. The normalized spacial score (nSPS) is 15.0. The van der Waals surface area contributed by atoms with Crippen molar-refractivity contribution in [3.63, 3.8) is 0 Å². The number of sulfonamides is 1. The van der Waals surface area contributed by atoms with E-state index in [4.69, 9.17) is 11.6 Å². The van der Waals surface area contributed by atoms with Gasteiger partial charge in [-0.3, -0.25) is 9.52 Å². The van der Waals surface area contributed by atoms with Crippen molar-refractivity contribution in [2.45, 2.75) is 17.7 Å². The summed E-state index contributed by atoms with van der Waals surface area (Å²) < 4.78 is 27.2. The molecule has 5 nitrogen and oxygen atoms in total. The van der Waals surface area contributed by atoms with Crippen LogP contribution in [0, 0.1) is 0 Å². The zero-order chi connectivity index (χ0) is 16.4. The molecule has 23 heavy (non-hydrogen) atoms. The van der Waals surface area contributed by atoms with Gasteiger partial charge in [0, 0.05) is 23.7 Å². The van der Waals surface area contributed by atoms with Crippen LogP contribution in [0.25, 0.3) is 0 Å². The van der Waals surface area contributed by atoms with Gasteiger partial charge in [-0.2, -0.15) is 0 Å². The standard InChI is InChI=1S/C16H15ClN2O3S/c17-12-3-1-4-13(11-12)18-23(21,22)15-8-6-14(7-9-15)19-10-2-5-16(19)20/h1,3-4,6-9,11,18H,2,5,10H2. The number of carbonyl (C=O) groups is 1. The van der Waals surface area contributed by atoms with E-state index in [2.05, 4.69) is 4.72 Å². The fraction of sp³-hybridized carbons (Fsp3) is 0.188. The lowest BCUT2D eigenvalue weighted by Gasteiger charge is -2.16. The molecule has 1 saturated heterocycles. The molecule has 7 heteroatoms. The van der Waals surface area contributed by atoms with E-state index in [9.17, 15) is 13.2 Å². The molecule has 0 atom stereocenters. The van der Waals surface area contributed by atoms with Crippen molar-refractivity contribution in [3.05, 3.63) is 53.6 Å². The fourth-order valence-electron chi connectivity index (χ4n) is 2.49. The van der Waals surface area contributed by atoms with Crippen molar-refractivity contribution in [1.82, 2.24) is 0 Å². The summed E-state index contributed by atoms with van der Waals surface area (Å²) in [6, 6.07) is 12.8. The second-order valence-corrected chi connectivity index (χ2v) is 7.38. The van der Waals surface area contributed by atoms with Crippen LogP contribution in [0.5, 0.6) is 0 Å². The molecule has 1 fully saturated rings. The Bertz CT molecular complexity index is 835. The van der Waals surface area contributed by atoms with Gasteiger partial charge in [0.05, 0.1) is 10.6 Å². The molecular weight excluding hydrogens is 336 g/mol. The van der Waals surface area contributed by atoms with Crippen LogP contribution in [-0.2, 0) is 14.8 Å². The molecule has 0 unspecified atom stereocenters. The summed E-state index contributed by atoms with van der Waals surface area (Å²) in [4.78, 5) is 13.5. The maximum Gasteiger partial charge on any atom is 0.261 e. The lowest BCUT2D eigenvalue weighted by molar-refractivity contribution is -0.117. The molecule has 3 rings (SSSR count). The van der Waals surface area contributed by atoms with Crippen LogP contribution in [0.2, 0.25) is 5.02 Å². The molecule has 1 aliphatic rings. The Morgan fingerprint density at radius 1 is 1.09 bits per heavy atom. The Labute approximate surface area is 139 Å². The number of carbonyl (C=O) groups excluding carboxylic acids is 1. The molecule has 2 aromatic carbocycles. The van der Waals surface area contributed by atoms with Gasteiger partial charge in [-0.25, -0.2) is 8.42 Å². The van der Waals surface area contributed by atoms with E-state index < -0.39 is 10.0 Å². The Hall–Kier alpha value is -2.05. The van der Waals surface area contributed by atoms with Gasteiger partial charge < -0.3 is 4.90 Å². The molecule has 1 N–H and O–H groups in total. The number of hydrogen-bond acceptors (Lipinski definition) is 3. The quantitative estimate of drug-likeness (QED) is 0.920. The SMILES string of the molecule is O=C1CCCN1c1ccc(S(=O)(=O)Nc2cccc(Cl)c2)cc1. The van der Waals surface area contributed by atoms with Gasteiger partial charge in [-0.1, -0.05) is 17.7 Å². The summed E-state index contributed by atoms with van der Waals surface area (Å²) in [6.45, 7) is 0.672. The molecule has 0 aliphatic carbocycles. The minimum Gasteiger partial charge on any atom is -0.312 e. The first-order valence-electron chi connectivity index (χ1n) is 7.14. The van der Waals surface area contributed by atoms with Crippen molar-refractivity contribution in [2.24, 2.45) is 0 Å². The monoisotopic (exact) mass is 350 g/mol. The molecular formula is C16H15ClN2O3S. The molecule has 1 amide bonds. The topological polar surface area (TPSA) is 66.5 Å². The van der Waals surface area contributed by atoms with E-state index in [0.717, 1.165) is 6.42 Å². The molecule has 0 saturated carbocycles. The molecule has 2 aromatic rings. The third-order valence-electron chi connectivity index (χ3n) is 3.61. The van der Waals surface area contributed by atoms with Crippen molar-refractivity contribution in [1.29, 1.82) is 0 Å². The highest BCUT2D eigenvalue weighted by molar-refractivity contribution is 7.92. The van der Waals surface area contributed by atoms with E-state index in [1.165, 1.54) is 18.2 Å². The van der Waals surface area contributed by atoms with Crippen LogP contribution in [0.1, 0.15) is 12.8 Å². The number of amides is 1. The second-order valence-electron chi connectivity index (χ2n) is 5.26. The molecule has 0 bridgehead atoms. The van der Waals surface area contributed by atoms with Crippen LogP contribution in [-0.4, -0.2) is 20.9 Å². The van der Waals surface area contributed by atoms with Gasteiger partial charge in [0.25, 0.3) is 10.0 Å². The number of anilines is 2. The van der Waals surface area contributed by atoms with E-state index >= 15 is 0 Å². The summed E-state index contributed by atoms with van der Waals surface area (Å²) in [5, 5.41) is 0.452. The highest BCUT2D eigenvalue weighted by Crippen LogP contribution is 2.24. The van der Waals surface area contributed by atoms with Crippen LogP contribution in [0.4, 0.5) is 11.4 Å². The average molecular weight is 351 g/mol. The van der Waals surface area contributed by atoms with Crippen molar-refractivity contribution in [3.8, 4) is 0 Å². The predicted molar refractivity (Wildman–Crippen MR) is 90.3 cm³/mol. The number of halogens is 1. The van der Waals surface area contributed by atoms with Gasteiger partial charge in [0.1, 0.15) is 0 Å². The Kier molecular flexibility index (Phi) is 4.28. The van der Waals surface area contributed by atoms with E-state index in [1.807, 2.05) is 0 Å². The summed E-state index contributed by atoms with van der Waals surface area (Å²) >= 11 is 5.85.